The molecule has 1 unspecified atom stereocenters. The molecular weight excluding hydrogens is 340 g/mol. The number of carboxylic acid groups (broad SMARTS) is 1. The number of hydrogen-bond donors (Lipinski definition) is 1. The molecule has 0 saturated heterocycles. The minimum absolute atomic E-state index is 0.502. The molecule has 0 aliphatic rings. The van der Waals surface area contributed by atoms with E-state index in [4.69, 9.17) is 0 Å². The number of thioether (sulfide) groups is 1. The van der Waals surface area contributed by atoms with Crippen molar-refractivity contribution in [1.82, 2.24) is 9.97 Å². The van der Waals surface area contributed by atoms with Gasteiger partial charge >= 0.3 is 5.97 Å². The van der Waals surface area contributed by atoms with Crippen molar-refractivity contribution < 1.29 is 9.90 Å². The highest BCUT2D eigenvalue weighted by Crippen LogP contribution is 2.39. The third-order valence-corrected chi connectivity index (χ3v) is 6.15. The summed E-state index contributed by atoms with van der Waals surface area (Å²) in [5.41, 5.74) is 3.47. The summed E-state index contributed by atoms with van der Waals surface area (Å²) in [5, 5.41) is 12.6. The van der Waals surface area contributed by atoms with Crippen LogP contribution in [-0.2, 0) is 11.2 Å². The molecule has 2 heterocycles. The van der Waals surface area contributed by atoms with Crippen molar-refractivity contribution in [2.45, 2.75) is 37.0 Å². The van der Waals surface area contributed by atoms with Gasteiger partial charge in [0.25, 0.3) is 0 Å². The normalized spacial score (nSPS) is 12.4. The number of aromatic nitrogens is 2. The highest BCUT2D eigenvalue weighted by molar-refractivity contribution is 8.00. The molecule has 124 valence electrons. The van der Waals surface area contributed by atoms with Crippen LogP contribution in [0.15, 0.2) is 41.0 Å². The molecule has 0 radical (unpaired) electrons. The second-order valence-corrected chi connectivity index (χ2v) is 7.46. The average molecular weight is 358 g/mol. The van der Waals surface area contributed by atoms with Gasteiger partial charge in [-0.3, -0.25) is 4.79 Å². The van der Waals surface area contributed by atoms with E-state index in [-0.39, 0.29) is 0 Å². The molecule has 1 aromatic carbocycles. The van der Waals surface area contributed by atoms with Crippen LogP contribution in [-0.4, -0.2) is 26.3 Å². The first-order chi connectivity index (χ1) is 11.6. The molecule has 0 saturated carbocycles. The molecule has 3 aromatic rings. The van der Waals surface area contributed by atoms with Crippen molar-refractivity contribution in [1.29, 1.82) is 0 Å². The Morgan fingerprint density at radius 3 is 2.62 bits per heavy atom. The molecule has 6 heteroatoms. The lowest BCUT2D eigenvalue weighted by atomic mass is 10.0. The van der Waals surface area contributed by atoms with Gasteiger partial charge in [0.05, 0.1) is 5.39 Å². The van der Waals surface area contributed by atoms with Crippen LogP contribution in [0.25, 0.3) is 21.3 Å². The number of rotatable bonds is 6. The Labute approximate surface area is 149 Å². The maximum atomic E-state index is 11.4. The molecule has 2 aromatic heterocycles. The van der Waals surface area contributed by atoms with Gasteiger partial charge in [0.15, 0.2) is 0 Å². The van der Waals surface area contributed by atoms with Crippen LogP contribution < -0.4 is 0 Å². The zero-order chi connectivity index (χ0) is 17.1. The number of carbonyl (C=O) groups is 1. The van der Waals surface area contributed by atoms with Gasteiger partial charge < -0.3 is 5.11 Å². The third kappa shape index (κ3) is 3.30. The van der Waals surface area contributed by atoms with E-state index in [2.05, 4.69) is 46.5 Å². The number of nitrogens with zero attached hydrogens (tertiary/aromatic N) is 2. The first-order valence-corrected chi connectivity index (χ1v) is 9.61. The number of carboxylic acids is 1. The zero-order valence-corrected chi connectivity index (χ0v) is 15.2. The van der Waals surface area contributed by atoms with E-state index in [1.54, 1.807) is 11.3 Å². The molecule has 3 rings (SSSR count). The summed E-state index contributed by atoms with van der Waals surface area (Å²) < 4.78 is 0. The van der Waals surface area contributed by atoms with Crippen molar-refractivity contribution in [2.75, 3.05) is 0 Å². The molecule has 0 aliphatic carbocycles. The van der Waals surface area contributed by atoms with Gasteiger partial charge in [0.1, 0.15) is 21.4 Å². The Kier molecular flexibility index (Phi) is 5.16. The predicted octanol–water partition coefficient (Wildman–Crippen LogP) is 4.88. The van der Waals surface area contributed by atoms with Gasteiger partial charge in [-0.2, -0.15) is 0 Å². The summed E-state index contributed by atoms with van der Waals surface area (Å²) in [6.45, 7) is 4.01. The van der Waals surface area contributed by atoms with Crippen LogP contribution >= 0.6 is 23.1 Å². The topological polar surface area (TPSA) is 63.1 Å². The molecule has 0 spiro atoms. The van der Waals surface area contributed by atoms with Gasteiger partial charge in [0, 0.05) is 10.9 Å². The Balaban J connectivity index is 2.07. The largest absolute Gasteiger partial charge is 0.480 e. The average Bonchev–Trinajstić information content (AvgIpc) is 3.04. The molecule has 4 nitrogen and oxygen atoms in total. The smallest absolute Gasteiger partial charge is 0.317 e. The minimum Gasteiger partial charge on any atom is -0.480 e. The summed E-state index contributed by atoms with van der Waals surface area (Å²) in [6.07, 6.45) is 3.07. The van der Waals surface area contributed by atoms with Crippen molar-refractivity contribution in [3.63, 3.8) is 0 Å². The van der Waals surface area contributed by atoms with Crippen LogP contribution in [0.4, 0.5) is 0 Å². The van der Waals surface area contributed by atoms with E-state index in [0.29, 0.717) is 6.42 Å². The second-order valence-electron chi connectivity index (χ2n) is 5.41. The van der Waals surface area contributed by atoms with Gasteiger partial charge in [0.2, 0.25) is 0 Å². The number of benzene rings is 1. The van der Waals surface area contributed by atoms with E-state index in [0.717, 1.165) is 32.8 Å². The SMILES string of the molecule is CCc1ccc(-c2csc3ncnc(SC(CC)C(=O)O)c23)cc1. The van der Waals surface area contributed by atoms with Gasteiger partial charge in [-0.15, -0.1) is 11.3 Å². The monoisotopic (exact) mass is 358 g/mol. The fourth-order valence-electron chi connectivity index (χ4n) is 2.51. The maximum Gasteiger partial charge on any atom is 0.317 e. The molecule has 1 atom stereocenters. The second kappa shape index (κ2) is 7.32. The fraction of sp³-hybridized carbons (Fsp3) is 0.278. The van der Waals surface area contributed by atoms with Crippen LogP contribution in [0.5, 0.6) is 0 Å². The summed E-state index contributed by atoms with van der Waals surface area (Å²) in [4.78, 5) is 21.0. The number of thiophene rings is 1. The van der Waals surface area contributed by atoms with Crippen molar-refractivity contribution in [3.05, 3.63) is 41.5 Å². The highest BCUT2D eigenvalue weighted by atomic mass is 32.2. The van der Waals surface area contributed by atoms with Crippen LogP contribution in [0.2, 0.25) is 0 Å². The number of fused-ring (bicyclic) bond motifs is 1. The molecule has 0 amide bonds. The van der Waals surface area contributed by atoms with Crippen LogP contribution in [0, 0.1) is 0 Å². The van der Waals surface area contributed by atoms with Crippen molar-refractivity contribution in [3.8, 4) is 11.1 Å². The quantitative estimate of drug-likeness (QED) is 0.503. The minimum atomic E-state index is -0.807. The fourth-order valence-corrected chi connectivity index (χ4v) is 4.46. The first kappa shape index (κ1) is 16.9. The Morgan fingerprint density at radius 2 is 2.00 bits per heavy atom. The number of hydrogen-bond acceptors (Lipinski definition) is 5. The van der Waals surface area contributed by atoms with Gasteiger partial charge in [-0.25, -0.2) is 9.97 Å². The van der Waals surface area contributed by atoms with E-state index in [9.17, 15) is 9.90 Å². The molecule has 1 N–H and O–H groups in total. The van der Waals surface area contributed by atoms with E-state index >= 15 is 0 Å². The summed E-state index contributed by atoms with van der Waals surface area (Å²) >= 11 is 2.87. The highest BCUT2D eigenvalue weighted by Gasteiger charge is 2.21. The Morgan fingerprint density at radius 1 is 1.25 bits per heavy atom. The lowest BCUT2D eigenvalue weighted by molar-refractivity contribution is -0.136. The Hall–Kier alpha value is -1.92. The van der Waals surface area contributed by atoms with Crippen LogP contribution in [0.1, 0.15) is 25.8 Å². The molecular formula is C18H18N2O2S2. The molecule has 0 fully saturated rings. The van der Waals surface area contributed by atoms with Gasteiger partial charge in [-0.1, -0.05) is 49.9 Å². The predicted molar refractivity (Wildman–Crippen MR) is 99.8 cm³/mol. The zero-order valence-electron chi connectivity index (χ0n) is 13.5. The third-order valence-electron chi connectivity index (χ3n) is 3.91. The lowest BCUT2D eigenvalue weighted by Gasteiger charge is -2.10. The summed E-state index contributed by atoms with van der Waals surface area (Å²) in [7, 11) is 0. The maximum absolute atomic E-state index is 11.4. The Bertz CT molecular complexity index is 859. The van der Waals surface area contributed by atoms with Crippen molar-refractivity contribution in [2.24, 2.45) is 0 Å². The van der Waals surface area contributed by atoms with E-state index in [1.807, 2.05) is 6.92 Å². The van der Waals surface area contributed by atoms with Crippen molar-refractivity contribution >= 4 is 39.3 Å². The first-order valence-electron chi connectivity index (χ1n) is 7.85. The standard InChI is InChI=1S/C18H18N2O2S2/c1-3-11-5-7-12(8-6-11)13-9-23-16-15(13)17(20-10-19-16)24-14(4-2)18(21)22/h5-10,14H,3-4H2,1-2H3,(H,21,22). The molecule has 0 bridgehead atoms. The van der Waals surface area contributed by atoms with Crippen LogP contribution in [0.3, 0.4) is 0 Å². The van der Waals surface area contributed by atoms with Gasteiger partial charge in [-0.05, 0) is 24.0 Å². The van der Waals surface area contributed by atoms with E-state index < -0.39 is 11.2 Å². The number of aryl methyl sites for hydroxylation is 1. The lowest BCUT2D eigenvalue weighted by Crippen LogP contribution is -2.15. The molecule has 24 heavy (non-hydrogen) atoms. The van der Waals surface area contributed by atoms with E-state index in [1.165, 1.54) is 23.7 Å². The summed E-state index contributed by atoms with van der Waals surface area (Å²) in [5.74, 6) is -0.807. The number of aliphatic carboxylic acids is 1. The molecule has 0 aliphatic heterocycles. The summed E-state index contributed by atoms with van der Waals surface area (Å²) in [6, 6.07) is 8.47.